The van der Waals surface area contributed by atoms with E-state index in [0.29, 0.717) is 16.7 Å². The maximum absolute atomic E-state index is 12.3. The quantitative estimate of drug-likeness (QED) is 0.412. The van der Waals surface area contributed by atoms with Gasteiger partial charge in [-0.1, -0.05) is 46.9 Å². The molecule has 0 aliphatic heterocycles. The van der Waals surface area contributed by atoms with Crippen LogP contribution >= 0.6 is 22.7 Å². The van der Waals surface area contributed by atoms with Crippen LogP contribution in [0, 0.1) is 0 Å². The molecule has 0 aliphatic carbocycles. The highest BCUT2D eigenvalue weighted by Gasteiger charge is 2.12. The Balaban J connectivity index is 1.40. The van der Waals surface area contributed by atoms with Crippen molar-refractivity contribution in [1.82, 2.24) is 25.7 Å². The van der Waals surface area contributed by atoms with E-state index in [0.717, 1.165) is 53.4 Å². The molecule has 1 aromatic carbocycles. The van der Waals surface area contributed by atoms with Crippen molar-refractivity contribution < 1.29 is 9.59 Å². The molecular formula is C21H27N7O2S2. The minimum atomic E-state index is -0.100. The molecule has 2 aromatic heterocycles. The average Bonchev–Trinajstić information content (AvgIpc) is 3.40. The number of nitrogens with one attached hydrogen (secondary N) is 2. The molecule has 0 saturated carbocycles. The number of aryl methyl sites for hydroxylation is 2. The first kappa shape index (κ1) is 23.9. The smallest absolute Gasteiger partial charge is 0.230 e. The van der Waals surface area contributed by atoms with Crippen molar-refractivity contribution >= 4 is 44.8 Å². The summed E-state index contributed by atoms with van der Waals surface area (Å²) >= 11 is 2.84. The molecule has 2 amide bonds. The van der Waals surface area contributed by atoms with E-state index in [1.54, 1.807) is 7.05 Å². The van der Waals surface area contributed by atoms with Crippen molar-refractivity contribution in [3.8, 4) is 0 Å². The van der Waals surface area contributed by atoms with E-state index in [9.17, 15) is 9.59 Å². The van der Waals surface area contributed by atoms with E-state index in [2.05, 4.69) is 31.0 Å². The number of carbonyl (C=O) groups is 2. The molecule has 0 unspecified atom stereocenters. The van der Waals surface area contributed by atoms with E-state index >= 15 is 0 Å². The van der Waals surface area contributed by atoms with Gasteiger partial charge in [0.1, 0.15) is 10.0 Å². The molecule has 3 rings (SSSR count). The van der Waals surface area contributed by atoms with Gasteiger partial charge in [-0.3, -0.25) is 14.5 Å². The van der Waals surface area contributed by atoms with Crippen LogP contribution in [0.3, 0.4) is 0 Å². The van der Waals surface area contributed by atoms with Crippen molar-refractivity contribution in [3.05, 3.63) is 45.4 Å². The number of amides is 2. The summed E-state index contributed by atoms with van der Waals surface area (Å²) in [7, 11) is 3.59. The van der Waals surface area contributed by atoms with Crippen molar-refractivity contribution in [3.63, 3.8) is 0 Å². The van der Waals surface area contributed by atoms with Gasteiger partial charge in [0.05, 0.1) is 6.42 Å². The zero-order chi connectivity index (χ0) is 22.9. The fraction of sp³-hybridized carbons (Fsp3) is 0.429. The van der Waals surface area contributed by atoms with Gasteiger partial charge in [-0.15, -0.1) is 20.4 Å². The molecule has 170 valence electrons. The topological polar surface area (TPSA) is 113 Å². The Morgan fingerprint density at radius 1 is 1.00 bits per heavy atom. The minimum absolute atomic E-state index is 0.0609. The summed E-state index contributed by atoms with van der Waals surface area (Å²) in [6.07, 6.45) is 3.76. The largest absolute Gasteiger partial charge is 0.316 e. The standard InChI is InChI=1S/C21H27N7O2S2/c1-14(29)28(3)21-27-25-19(32-21)10-5-4-9-18-24-26-20(31-18)23-17(30)12-15-7-6-8-16(11-15)13-22-2/h6-8,11,22H,4-5,9-10,12-13H2,1-3H3,(H,23,26,30). The van der Waals surface area contributed by atoms with Crippen LogP contribution in [0.25, 0.3) is 0 Å². The molecule has 32 heavy (non-hydrogen) atoms. The fourth-order valence-corrected chi connectivity index (χ4v) is 4.66. The summed E-state index contributed by atoms with van der Waals surface area (Å²) in [5, 5.41) is 25.4. The van der Waals surface area contributed by atoms with Crippen LogP contribution in [0.5, 0.6) is 0 Å². The lowest BCUT2D eigenvalue weighted by atomic mass is 10.1. The number of carbonyl (C=O) groups excluding carboxylic acids is 2. The van der Waals surface area contributed by atoms with Crippen LogP contribution in [-0.4, -0.2) is 46.3 Å². The predicted molar refractivity (Wildman–Crippen MR) is 127 cm³/mol. The van der Waals surface area contributed by atoms with Crippen LogP contribution in [0.2, 0.25) is 0 Å². The molecule has 0 spiro atoms. The third-order valence-corrected chi connectivity index (χ3v) is 6.65. The van der Waals surface area contributed by atoms with Gasteiger partial charge in [-0.05, 0) is 31.0 Å². The molecule has 0 atom stereocenters. The lowest BCUT2D eigenvalue weighted by Crippen LogP contribution is -2.22. The van der Waals surface area contributed by atoms with Gasteiger partial charge >= 0.3 is 0 Å². The van der Waals surface area contributed by atoms with Crippen LogP contribution in [0.4, 0.5) is 10.3 Å². The third-order valence-electron chi connectivity index (χ3n) is 4.70. The summed E-state index contributed by atoms with van der Waals surface area (Å²) in [4.78, 5) is 25.2. The Morgan fingerprint density at radius 3 is 2.41 bits per heavy atom. The van der Waals surface area contributed by atoms with Gasteiger partial charge < -0.3 is 10.6 Å². The number of hydrogen-bond acceptors (Lipinski definition) is 9. The first-order valence-electron chi connectivity index (χ1n) is 10.4. The van der Waals surface area contributed by atoms with Crippen molar-refractivity contribution in [1.29, 1.82) is 0 Å². The molecule has 2 N–H and O–H groups in total. The van der Waals surface area contributed by atoms with Crippen LogP contribution in [-0.2, 0) is 35.4 Å². The number of unbranched alkanes of at least 4 members (excludes halogenated alkanes) is 1. The summed E-state index contributed by atoms with van der Waals surface area (Å²) in [5.41, 5.74) is 2.11. The number of benzene rings is 1. The minimum Gasteiger partial charge on any atom is -0.316 e. The van der Waals surface area contributed by atoms with E-state index in [-0.39, 0.29) is 11.8 Å². The number of nitrogens with zero attached hydrogens (tertiary/aromatic N) is 5. The predicted octanol–water partition coefficient (Wildman–Crippen LogP) is 2.84. The van der Waals surface area contributed by atoms with Crippen LogP contribution < -0.4 is 15.5 Å². The van der Waals surface area contributed by atoms with Gasteiger partial charge in [-0.25, -0.2) is 0 Å². The lowest BCUT2D eigenvalue weighted by molar-refractivity contribution is -0.116. The molecule has 0 radical (unpaired) electrons. The molecule has 0 saturated heterocycles. The van der Waals surface area contributed by atoms with Gasteiger partial charge in [0.2, 0.25) is 22.1 Å². The second-order valence-electron chi connectivity index (χ2n) is 7.34. The van der Waals surface area contributed by atoms with E-state index < -0.39 is 0 Å². The van der Waals surface area contributed by atoms with Crippen LogP contribution in [0.15, 0.2) is 24.3 Å². The summed E-state index contributed by atoms with van der Waals surface area (Å²) in [5.74, 6) is -0.161. The van der Waals surface area contributed by atoms with Crippen molar-refractivity contribution in [2.45, 2.75) is 45.6 Å². The number of hydrogen-bond donors (Lipinski definition) is 2. The number of aromatic nitrogens is 4. The summed E-state index contributed by atoms with van der Waals surface area (Å²) in [6.45, 7) is 2.27. The monoisotopic (exact) mass is 473 g/mol. The van der Waals surface area contributed by atoms with Crippen molar-refractivity contribution in [2.24, 2.45) is 0 Å². The fourth-order valence-electron chi connectivity index (χ4n) is 2.98. The first-order chi connectivity index (χ1) is 15.4. The SMILES string of the molecule is CNCc1cccc(CC(=O)Nc2nnc(CCCCc3nnc(N(C)C(C)=O)s3)s2)c1. The van der Waals surface area contributed by atoms with E-state index in [1.165, 1.54) is 34.5 Å². The van der Waals surface area contributed by atoms with E-state index in [1.807, 2.05) is 31.3 Å². The average molecular weight is 474 g/mol. The molecular weight excluding hydrogens is 446 g/mol. The second kappa shape index (κ2) is 11.7. The van der Waals surface area contributed by atoms with E-state index in [4.69, 9.17) is 0 Å². The Bertz CT molecular complexity index is 1050. The Morgan fingerprint density at radius 2 is 1.69 bits per heavy atom. The van der Waals surface area contributed by atoms with Gasteiger partial charge in [0.25, 0.3) is 0 Å². The highest BCUT2D eigenvalue weighted by Crippen LogP contribution is 2.22. The summed E-state index contributed by atoms with van der Waals surface area (Å²) < 4.78 is 0. The molecule has 0 aliphatic rings. The van der Waals surface area contributed by atoms with Crippen molar-refractivity contribution in [2.75, 3.05) is 24.3 Å². The number of anilines is 2. The first-order valence-corrected chi connectivity index (χ1v) is 12.0. The molecule has 3 aromatic rings. The highest BCUT2D eigenvalue weighted by molar-refractivity contribution is 7.15. The normalized spacial score (nSPS) is 10.8. The molecule has 0 bridgehead atoms. The molecule has 11 heteroatoms. The molecule has 9 nitrogen and oxygen atoms in total. The summed E-state index contributed by atoms with van der Waals surface area (Å²) in [6, 6.07) is 7.97. The van der Waals surface area contributed by atoms with Gasteiger partial charge in [-0.2, -0.15) is 0 Å². The third kappa shape index (κ3) is 7.14. The number of rotatable bonds is 11. The Labute approximate surface area is 195 Å². The zero-order valence-corrected chi connectivity index (χ0v) is 20.1. The molecule has 0 fully saturated rings. The second-order valence-corrected chi connectivity index (χ2v) is 9.44. The maximum Gasteiger partial charge on any atom is 0.230 e. The zero-order valence-electron chi connectivity index (χ0n) is 18.4. The Kier molecular flexibility index (Phi) is 8.77. The maximum atomic E-state index is 12.3. The van der Waals surface area contributed by atoms with Crippen LogP contribution in [0.1, 0.15) is 40.9 Å². The lowest BCUT2D eigenvalue weighted by Gasteiger charge is -2.08. The van der Waals surface area contributed by atoms with Gasteiger partial charge in [0, 0.05) is 33.4 Å². The Hall–Kier alpha value is -2.76. The highest BCUT2D eigenvalue weighted by atomic mass is 32.1. The van der Waals surface area contributed by atoms with Gasteiger partial charge in [0.15, 0.2) is 0 Å². The molecule has 2 heterocycles.